The molecule has 0 aliphatic heterocycles. The average Bonchev–Trinajstić information content (AvgIpc) is 2.51. The van der Waals surface area contributed by atoms with Gasteiger partial charge in [-0.3, -0.25) is 4.79 Å². The number of hydrogen-bond donors (Lipinski definition) is 2. The Morgan fingerprint density at radius 3 is 2.29 bits per heavy atom. The number of hydrogen-bond acceptors (Lipinski definition) is 5. The third kappa shape index (κ3) is 2.98. The van der Waals surface area contributed by atoms with Crippen molar-refractivity contribution in [1.29, 1.82) is 0 Å². The predicted octanol–water partition coefficient (Wildman–Crippen LogP) is 2.65. The maximum atomic E-state index is 11.0. The zero-order valence-corrected chi connectivity index (χ0v) is 11.7. The van der Waals surface area contributed by atoms with Gasteiger partial charge in [0.1, 0.15) is 18.1 Å². The highest BCUT2D eigenvalue weighted by molar-refractivity contribution is 5.77. The first-order chi connectivity index (χ1) is 10.1. The molecule has 0 aliphatic rings. The molecule has 2 aromatic carbocycles. The summed E-state index contributed by atoms with van der Waals surface area (Å²) in [5.74, 6) is 0.260. The number of methoxy groups -OCH3 is 2. The minimum Gasteiger partial charge on any atom is -0.508 e. The van der Waals surface area contributed by atoms with Crippen molar-refractivity contribution < 1.29 is 24.5 Å². The predicted molar refractivity (Wildman–Crippen MR) is 77.0 cm³/mol. The summed E-state index contributed by atoms with van der Waals surface area (Å²) in [5, 5.41) is 19.6. The molecule has 5 nitrogen and oxygen atoms in total. The zero-order valence-electron chi connectivity index (χ0n) is 11.7. The molecule has 2 rings (SSSR count). The standard InChI is InChI=1S/C16H16O5/c1-20-14-8-10(9-17)7-13(15(14)19)16(21-2)11-3-5-12(18)6-4-11/h3-9,16,18-19H,1-2H3. The Labute approximate surface area is 122 Å². The van der Waals surface area contributed by atoms with Crippen LogP contribution in [0.5, 0.6) is 17.2 Å². The molecule has 2 N–H and O–H groups in total. The van der Waals surface area contributed by atoms with Crippen molar-refractivity contribution in [3.63, 3.8) is 0 Å². The van der Waals surface area contributed by atoms with E-state index in [1.54, 1.807) is 18.2 Å². The minimum atomic E-state index is -0.584. The molecule has 0 bridgehead atoms. The lowest BCUT2D eigenvalue weighted by Crippen LogP contribution is -2.05. The quantitative estimate of drug-likeness (QED) is 0.827. The molecule has 1 unspecified atom stereocenters. The first kappa shape index (κ1) is 14.9. The molecule has 1 atom stereocenters. The Balaban J connectivity index is 2.55. The van der Waals surface area contributed by atoms with Crippen LogP contribution in [0.4, 0.5) is 0 Å². The number of aldehydes is 1. The molecule has 0 aliphatic carbocycles. The van der Waals surface area contributed by atoms with Gasteiger partial charge in [0.15, 0.2) is 11.5 Å². The normalized spacial score (nSPS) is 11.9. The van der Waals surface area contributed by atoms with Crippen LogP contribution >= 0.6 is 0 Å². The number of phenols is 2. The van der Waals surface area contributed by atoms with Gasteiger partial charge in [-0.15, -0.1) is 0 Å². The van der Waals surface area contributed by atoms with Gasteiger partial charge in [0.2, 0.25) is 0 Å². The number of carbonyl (C=O) groups is 1. The van der Waals surface area contributed by atoms with E-state index >= 15 is 0 Å². The van der Waals surface area contributed by atoms with Gasteiger partial charge >= 0.3 is 0 Å². The van der Waals surface area contributed by atoms with E-state index in [1.165, 1.54) is 32.4 Å². The molecule has 0 saturated heterocycles. The van der Waals surface area contributed by atoms with E-state index in [4.69, 9.17) is 9.47 Å². The summed E-state index contributed by atoms with van der Waals surface area (Å²) in [7, 11) is 2.91. The molecule has 0 fully saturated rings. The van der Waals surface area contributed by atoms with Crippen LogP contribution < -0.4 is 4.74 Å². The van der Waals surface area contributed by atoms with Crippen LogP contribution in [-0.4, -0.2) is 30.7 Å². The maximum absolute atomic E-state index is 11.0. The monoisotopic (exact) mass is 288 g/mol. The summed E-state index contributed by atoms with van der Waals surface area (Å²) in [5.41, 5.74) is 1.53. The summed E-state index contributed by atoms with van der Waals surface area (Å²) in [6, 6.07) is 9.42. The van der Waals surface area contributed by atoms with Crippen LogP contribution in [0.1, 0.15) is 27.6 Å². The van der Waals surface area contributed by atoms with E-state index in [0.717, 1.165) is 5.56 Å². The van der Waals surface area contributed by atoms with Crippen molar-refractivity contribution >= 4 is 6.29 Å². The lowest BCUT2D eigenvalue weighted by Gasteiger charge is -2.19. The highest BCUT2D eigenvalue weighted by atomic mass is 16.5. The smallest absolute Gasteiger partial charge is 0.163 e. The van der Waals surface area contributed by atoms with Gasteiger partial charge in [-0.25, -0.2) is 0 Å². The Morgan fingerprint density at radius 1 is 1.10 bits per heavy atom. The Hall–Kier alpha value is -2.53. The Bertz CT molecular complexity index is 634. The van der Waals surface area contributed by atoms with Crippen LogP contribution in [0.3, 0.4) is 0 Å². The van der Waals surface area contributed by atoms with E-state index in [-0.39, 0.29) is 17.2 Å². The lowest BCUT2D eigenvalue weighted by molar-refractivity contribution is 0.112. The molecule has 0 heterocycles. The van der Waals surface area contributed by atoms with Crippen molar-refractivity contribution in [3.8, 4) is 17.2 Å². The minimum absolute atomic E-state index is 0.0805. The molecule has 0 spiro atoms. The molecule has 0 saturated carbocycles. The van der Waals surface area contributed by atoms with Gasteiger partial charge < -0.3 is 19.7 Å². The van der Waals surface area contributed by atoms with Gasteiger partial charge in [0, 0.05) is 18.2 Å². The number of phenolic OH excluding ortho intramolecular Hbond substituents is 2. The van der Waals surface area contributed by atoms with Crippen molar-refractivity contribution in [2.24, 2.45) is 0 Å². The van der Waals surface area contributed by atoms with Crippen LogP contribution in [0.25, 0.3) is 0 Å². The number of rotatable bonds is 5. The van der Waals surface area contributed by atoms with Gasteiger partial charge in [0.25, 0.3) is 0 Å². The maximum Gasteiger partial charge on any atom is 0.163 e. The molecule has 21 heavy (non-hydrogen) atoms. The van der Waals surface area contributed by atoms with E-state index in [1.807, 2.05) is 0 Å². The topological polar surface area (TPSA) is 76.0 Å². The molecule has 0 amide bonds. The molecule has 110 valence electrons. The van der Waals surface area contributed by atoms with Crippen LogP contribution in [0.2, 0.25) is 0 Å². The second-order valence-corrected chi connectivity index (χ2v) is 4.49. The summed E-state index contributed by atoms with van der Waals surface area (Å²) >= 11 is 0. The highest BCUT2D eigenvalue weighted by Gasteiger charge is 2.21. The fourth-order valence-electron chi connectivity index (χ4n) is 2.17. The van der Waals surface area contributed by atoms with Crippen LogP contribution in [0, 0.1) is 0 Å². The number of aromatic hydroxyl groups is 2. The largest absolute Gasteiger partial charge is 0.508 e. The first-order valence-electron chi connectivity index (χ1n) is 6.28. The molecular weight excluding hydrogens is 272 g/mol. The summed E-state index contributed by atoms with van der Waals surface area (Å²) in [4.78, 5) is 11.0. The fraction of sp³-hybridized carbons (Fsp3) is 0.188. The molecule has 5 heteroatoms. The van der Waals surface area contributed by atoms with Crippen molar-refractivity contribution in [3.05, 3.63) is 53.1 Å². The number of benzene rings is 2. The Kier molecular flexibility index (Phi) is 4.45. The van der Waals surface area contributed by atoms with Gasteiger partial charge in [-0.2, -0.15) is 0 Å². The van der Waals surface area contributed by atoms with Gasteiger partial charge in [-0.05, 0) is 29.8 Å². The van der Waals surface area contributed by atoms with Crippen LogP contribution in [0.15, 0.2) is 36.4 Å². The lowest BCUT2D eigenvalue weighted by atomic mass is 9.98. The summed E-state index contributed by atoms with van der Waals surface area (Å²) in [6.45, 7) is 0. The van der Waals surface area contributed by atoms with E-state index in [0.29, 0.717) is 17.4 Å². The molecule has 2 aromatic rings. The average molecular weight is 288 g/mol. The zero-order chi connectivity index (χ0) is 15.4. The summed E-state index contributed by atoms with van der Waals surface area (Å²) < 4.78 is 10.5. The van der Waals surface area contributed by atoms with Crippen molar-refractivity contribution in [2.45, 2.75) is 6.10 Å². The first-order valence-corrected chi connectivity index (χ1v) is 6.28. The molecular formula is C16H16O5. The summed E-state index contributed by atoms with van der Waals surface area (Å²) in [6.07, 6.45) is 0.0917. The Morgan fingerprint density at radius 2 is 1.76 bits per heavy atom. The van der Waals surface area contributed by atoms with E-state index in [2.05, 4.69) is 0 Å². The van der Waals surface area contributed by atoms with E-state index < -0.39 is 6.10 Å². The van der Waals surface area contributed by atoms with Gasteiger partial charge in [0.05, 0.1) is 7.11 Å². The SMILES string of the molecule is COc1cc(C=O)cc(C(OC)c2ccc(O)cc2)c1O. The van der Waals surface area contributed by atoms with Gasteiger partial charge in [-0.1, -0.05) is 12.1 Å². The highest BCUT2D eigenvalue weighted by Crippen LogP contribution is 2.39. The van der Waals surface area contributed by atoms with Crippen molar-refractivity contribution in [1.82, 2.24) is 0 Å². The number of carbonyl (C=O) groups excluding carboxylic acids is 1. The molecule has 0 aromatic heterocycles. The van der Waals surface area contributed by atoms with Crippen molar-refractivity contribution in [2.75, 3.05) is 14.2 Å². The third-order valence-electron chi connectivity index (χ3n) is 3.20. The molecule has 0 radical (unpaired) electrons. The second-order valence-electron chi connectivity index (χ2n) is 4.49. The van der Waals surface area contributed by atoms with E-state index in [9.17, 15) is 15.0 Å². The second kappa shape index (κ2) is 6.28. The third-order valence-corrected chi connectivity index (χ3v) is 3.20. The number of ether oxygens (including phenoxy) is 2. The van der Waals surface area contributed by atoms with Crippen LogP contribution in [-0.2, 0) is 4.74 Å². The fourth-order valence-corrected chi connectivity index (χ4v) is 2.17.